The van der Waals surface area contributed by atoms with Gasteiger partial charge in [0.25, 0.3) is 0 Å². The first-order valence-corrected chi connectivity index (χ1v) is 40.5. The van der Waals surface area contributed by atoms with Crippen molar-refractivity contribution in [2.45, 2.75) is 159 Å². The molecule has 0 bridgehead atoms. The van der Waals surface area contributed by atoms with Gasteiger partial charge in [-0.25, -0.2) is 29.1 Å². The van der Waals surface area contributed by atoms with E-state index in [0.717, 1.165) is 91.0 Å². The Morgan fingerprint density at radius 2 is 0.752 bits per heavy atom. The number of fused-ring (bicyclic) bond motifs is 1. The number of carbonyl (C=O) groups excluding carboxylic acids is 4. The van der Waals surface area contributed by atoms with Crippen molar-refractivity contribution in [1.82, 2.24) is 0 Å². The van der Waals surface area contributed by atoms with E-state index in [1.807, 2.05) is 97.1 Å². The molecule has 10 rings (SSSR count). The number of allylic oxidation sites excluding steroid dienone is 4. The highest BCUT2D eigenvalue weighted by molar-refractivity contribution is 5.81. The Morgan fingerprint density at radius 3 is 1.12 bits per heavy atom. The van der Waals surface area contributed by atoms with E-state index in [1.165, 1.54) is 5.56 Å². The van der Waals surface area contributed by atoms with Crippen LogP contribution in [-0.4, -0.2) is 153 Å². The molecule has 5 aromatic carbocycles. The number of ether oxygens (including phenoxy) is 8. The lowest BCUT2D eigenvalue weighted by molar-refractivity contribution is -0.311. The van der Waals surface area contributed by atoms with E-state index in [0.29, 0.717) is 61.5 Å². The summed E-state index contributed by atoms with van der Waals surface area (Å²) in [6.07, 6.45) is 14.8. The van der Waals surface area contributed by atoms with E-state index in [-0.39, 0.29) is 72.8 Å². The van der Waals surface area contributed by atoms with Crippen LogP contribution in [0, 0.1) is 71.0 Å². The van der Waals surface area contributed by atoms with Crippen molar-refractivity contribution in [2.75, 3.05) is 39.6 Å². The second-order valence-electron chi connectivity index (χ2n) is 31.6. The first-order chi connectivity index (χ1) is 57.9. The molecule has 2 fully saturated rings. The molecule has 121 heavy (non-hydrogen) atoms. The number of aliphatic carboxylic acids is 4. The van der Waals surface area contributed by atoms with Crippen LogP contribution >= 0.6 is 0 Å². The molecule has 0 saturated heterocycles. The molecule has 17 unspecified atom stereocenters. The third-order valence-electron chi connectivity index (χ3n) is 24.4. The number of hydrogen-bond donors (Lipinski definition) is 8. The summed E-state index contributed by atoms with van der Waals surface area (Å²) in [6, 6.07) is 38.5. The highest BCUT2D eigenvalue weighted by Crippen LogP contribution is 2.50. The van der Waals surface area contributed by atoms with Gasteiger partial charge in [-0.2, -0.15) is 0 Å². The standard InChI is InChI=1S/C49H54O14.C43H56O14.CH4/c1-3-43(50)61-30-33(46(63-57)39-13-7-9-15-41(39)48(54)55)29-60-37-23-19-35(20-24-37)49(26-25-31-11-5-10-16-42(31)49)34-17-21-36(22-18-34)59-28-32(27-44(51)58-4-2)45(62-56)38-12-6-8-14-40(38)47(52)53;1-5-37(44)55-26-28(40(57-51)34-12-8-10-14-36(34)42(48)49)25-54-32-21-17-30(18-22-32)43(3,4)29-15-19-31(20-16-29)53-24-27(23-38(45)52-6-2)39(56-50)33-11-7-9-13-35(33)41(46)47;/h3-11,16-24,32-33,38-41,45-46,56-57H,1-2,12-15,25-30H2,(H,52,53)(H,54,55);5-6,15-22,27-28,33-36,39-40,50-51H,1-2,7-14,23-26H2,3-4H3,(H,46,47)(H,48,49);1H4. The van der Waals surface area contributed by atoms with Crippen LogP contribution in [0.5, 0.6) is 23.0 Å². The number of esters is 4. The van der Waals surface area contributed by atoms with E-state index in [1.54, 1.807) is 36.4 Å². The Bertz CT molecular complexity index is 4310. The number of rotatable bonds is 44. The molecule has 0 radical (unpaired) electrons. The molecule has 5 aromatic rings. The number of benzene rings is 5. The third-order valence-corrected chi connectivity index (χ3v) is 24.4. The van der Waals surface area contributed by atoms with Gasteiger partial charge in [-0.1, -0.05) is 170 Å². The predicted molar refractivity (Wildman–Crippen MR) is 441 cm³/mol. The van der Waals surface area contributed by atoms with Gasteiger partial charge in [-0.3, -0.25) is 49.8 Å². The van der Waals surface area contributed by atoms with E-state index in [2.05, 4.69) is 52.3 Å². The molecule has 28 heteroatoms. The predicted octanol–water partition coefficient (Wildman–Crippen LogP) is 15.8. The fraction of sp³-hybridized carbons (Fsp3) is 0.462. The van der Waals surface area contributed by atoms with Crippen molar-refractivity contribution in [3.63, 3.8) is 0 Å². The summed E-state index contributed by atoms with van der Waals surface area (Å²) in [4.78, 5) is 117. The van der Waals surface area contributed by atoms with Crippen molar-refractivity contribution >= 4 is 47.8 Å². The number of aryl methyl sites for hydroxylation is 1. The van der Waals surface area contributed by atoms with Crippen molar-refractivity contribution in [1.29, 1.82) is 0 Å². The molecule has 0 heterocycles. The highest BCUT2D eigenvalue weighted by atomic mass is 17.1. The smallest absolute Gasteiger partial charge is 0.330 e. The van der Waals surface area contributed by atoms with Crippen molar-refractivity contribution in [3.8, 4) is 23.0 Å². The van der Waals surface area contributed by atoms with Crippen LogP contribution < -0.4 is 18.9 Å². The van der Waals surface area contributed by atoms with Gasteiger partial charge >= 0.3 is 47.8 Å². The molecule has 8 N–H and O–H groups in total. The van der Waals surface area contributed by atoms with Crippen LogP contribution in [0.4, 0.5) is 0 Å². The Balaban J connectivity index is 0.000000300. The van der Waals surface area contributed by atoms with Crippen molar-refractivity contribution in [3.05, 3.63) is 230 Å². The van der Waals surface area contributed by atoms with Crippen LogP contribution in [0.15, 0.2) is 197 Å². The van der Waals surface area contributed by atoms with Crippen LogP contribution in [0.1, 0.15) is 151 Å². The van der Waals surface area contributed by atoms with E-state index in [4.69, 9.17) is 57.4 Å². The SMILES string of the molecule is C.C=COC(=O)CC(COc1ccc(C(C)(C)c2ccc(OCC(COC(=O)C=C)C(OO)C3CCCCC3C(=O)O)cc2)cc1)C(OO)C1CCCCC1C(=O)O.C=COC(=O)CC(COc1ccc(C2(c3ccc(OCC(COC(=O)C=C)C(OO)C4CC=CCC4C(=O)O)cc3)CCc3ccccc32)cc1)C(OO)C1CC=CCC1C(=O)O. The lowest BCUT2D eigenvalue weighted by Gasteiger charge is -2.36. The monoisotopic (exact) mass is 1680 g/mol. The van der Waals surface area contributed by atoms with Gasteiger partial charge < -0.3 is 58.3 Å². The first kappa shape index (κ1) is 95.6. The van der Waals surface area contributed by atoms with Gasteiger partial charge in [0.15, 0.2) is 0 Å². The zero-order chi connectivity index (χ0) is 86.5. The largest absolute Gasteiger partial charge is 0.493 e. The topological polar surface area (TPSA) is 409 Å². The second-order valence-corrected chi connectivity index (χ2v) is 31.6. The van der Waals surface area contributed by atoms with Gasteiger partial charge in [0, 0.05) is 58.5 Å². The minimum atomic E-state index is -1.04. The summed E-state index contributed by atoms with van der Waals surface area (Å²) in [6.45, 7) is 17.3. The highest BCUT2D eigenvalue weighted by Gasteiger charge is 2.47. The van der Waals surface area contributed by atoms with Gasteiger partial charge in [0.05, 0.1) is 87.3 Å². The lowest BCUT2D eigenvalue weighted by Crippen LogP contribution is -2.44. The van der Waals surface area contributed by atoms with Gasteiger partial charge in [0.1, 0.15) is 60.6 Å². The summed E-state index contributed by atoms with van der Waals surface area (Å²) in [5, 5.41) is 79.6. The molecule has 17 atom stereocenters. The molecule has 2 saturated carbocycles. The fourth-order valence-electron chi connectivity index (χ4n) is 17.9. The summed E-state index contributed by atoms with van der Waals surface area (Å²) < 4.78 is 45.2. The maximum absolute atomic E-state index is 12.6. The molecule has 5 aliphatic carbocycles. The normalized spacial score (nSPS) is 22.4. The van der Waals surface area contributed by atoms with E-state index < -0.39 is 154 Å². The zero-order valence-electron chi connectivity index (χ0n) is 67.5. The molecule has 0 aromatic heterocycles. The van der Waals surface area contributed by atoms with Crippen LogP contribution in [0.25, 0.3) is 0 Å². The maximum atomic E-state index is 12.6. The van der Waals surface area contributed by atoms with Crippen LogP contribution in [0.3, 0.4) is 0 Å². The molecular weight excluding hydrogens is 1560 g/mol. The fourth-order valence-corrected chi connectivity index (χ4v) is 17.9. The molecule has 0 spiro atoms. The number of carboxylic acid groups (broad SMARTS) is 4. The van der Waals surface area contributed by atoms with Gasteiger partial charge in [0.2, 0.25) is 0 Å². The van der Waals surface area contributed by atoms with Gasteiger partial charge in [-0.15, -0.1) is 0 Å². The second kappa shape index (κ2) is 46.8. The minimum Gasteiger partial charge on any atom is -0.493 e. The Labute approximate surface area is 704 Å². The number of carboxylic acids is 4. The van der Waals surface area contributed by atoms with Crippen LogP contribution in [-0.2, 0) is 94.1 Å². The van der Waals surface area contributed by atoms with Crippen molar-refractivity contribution < 1.29 is 137 Å². The van der Waals surface area contributed by atoms with Crippen molar-refractivity contribution in [2.24, 2.45) is 71.0 Å². The first-order valence-electron chi connectivity index (χ1n) is 40.5. The number of carbonyl (C=O) groups is 8. The molecule has 0 amide bonds. The summed E-state index contributed by atoms with van der Waals surface area (Å²) in [7, 11) is 0. The summed E-state index contributed by atoms with van der Waals surface area (Å²) in [5.74, 6) is -12.8. The Hall–Kier alpha value is -10.8. The van der Waals surface area contributed by atoms with Crippen LogP contribution in [0.2, 0.25) is 0 Å². The number of hydrogen-bond acceptors (Lipinski definition) is 24. The Morgan fingerprint density at radius 1 is 0.421 bits per heavy atom. The average Bonchev–Trinajstić information content (AvgIpc) is 1.59. The molecular formula is C93H114O28. The van der Waals surface area contributed by atoms with Gasteiger partial charge in [-0.05, 0) is 146 Å². The third kappa shape index (κ3) is 25.0. The van der Waals surface area contributed by atoms with E-state index >= 15 is 0 Å². The minimum absolute atomic E-state index is 0. The molecule has 0 aliphatic heterocycles. The quantitative estimate of drug-likeness (QED) is 0.00341. The van der Waals surface area contributed by atoms with E-state index in [9.17, 15) is 79.8 Å². The summed E-state index contributed by atoms with van der Waals surface area (Å²) in [5.41, 5.74) is 5.25. The molecule has 654 valence electrons. The average molecular weight is 1680 g/mol. The lowest BCUT2D eigenvalue weighted by atomic mass is 9.70. The maximum Gasteiger partial charge on any atom is 0.330 e. The Kier molecular flexibility index (Phi) is 37.0. The summed E-state index contributed by atoms with van der Waals surface area (Å²) >= 11 is 0. The molecule has 28 nitrogen and oxygen atoms in total. The zero-order valence-corrected chi connectivity index (χ0v) is 67.5. The molecule has 5 aliphatic rings.